The molecular weight excluding hydrogens is 228 g/mol. The second-order valence-corrected chi connectivity index (χ2v) is 4.72. The maximum atomic E-state index is 11.7. The van der Waals surface area contributed by atoms with Crippen LogP contribution in [0.3, 0.4) is 0 Å². The minimum absolute atomic E-state index is 0.221. The highest BCUT2D eigenvalue weighted by atomic mass is 16.3. The Hall–Kier alpha value is -1.39. The van der Waals surface area contributed by atoms with E-state index in [4.69, 9.17) is 10.8 Å². The molecule has 0 fully saturated rings. The second kappa shape index (κ2) is 6.52. The molecule has 0 aliphatic carbocycles. The molecule has 1 aromatic rings. The van der Waals surface area contributed by atoms with E-state index in [9.17, 15) is 4.79 Å². The lowest BCUT2D eigenvalue weighted by Gasteiger charge is -2.20. The molecule has 0 bridgehead atoms. The van der Waals surface area contributed by atoms with E-state index in [1.165, 1.54) is 16.7 Å². The van der Waals surface area contributed by atoms with E-state index in [1.807, 2.05) is 0 Å². The van der Waals surface area contributed by atoms with E-state index in [0.717, 1.165) is 6.42 Å². The number of benzene rings is 1. The highest BCUT2D eigenvalue weighted by molar-refractivity contribution is 5.81. The van der Waals surface area contributed by atoms with Crippen molar-refractivity contribution in [2.24, 2.45) is 5.73 Å². The predicted molar refractivity (Wildman–Crippen MR) is 72.3 cm³/mol. The highest BCUT2D eigenvalue weighted by Gasteiger charge is 2.16. The lowest BCUT2D eigenvalue weighted by Crippen LogP contribution is -2.44. The van der Waals surface area contributed by atoms with Gasteiger partial charge in [0.2, 0.25) is 5.91 Å². The Morgan fingerprint density at radius 2 is 2.06 bits per heavy atom. The van der Waals surface area contributed by atoms with Crippen molar-refractivity contribution in [3.63, 3.8) is 0 Å². The Balaban J connectivity index is 2.54. The molecule has 4 heteroatoms. The zero-order valence-corrected chi connectivity index (χ0v) is 11.3. The normalized spacial score (nSPS) is 12.3. The van der Waals surface area contributed by atoms with Gasteiger partial charge in [0.05, 0.1) is 6.61 Å². The molecule has 0 aromatic heterocycles. The van der Waals surface area contributed by atoms with Crippen LogP contribution in [0.15, 0.2) is 18.2 Å². The van der Waals surface area contributed by atoms with Crippen LogP contribution in [0, 0.1) is 13.8 Å². The number of carbonyl (C=O) groups excluding carboxylic acids is 1. The maximum Gasteiger partial charge on any atom is 0.241 e. The summed E-state index contributed by atoms with van der Waals surface area (Å²) in [4.78, 5) is 13.2. The molecule has 18 heavy (non-hydrogen) atoms. The molecule has 1 amide bonds. The average molecular weight is 250 g/mol. The van der Waals surface area contributed by atoms with Crippen LogP contribution in [-0.4, -0.2) is 42.2 Å². The van der Waals surface area contributed by atoms with Crippen LogP contribution < -0.4 is 5.73 Å². The SMILES string of the molecule is Cc1ccc(CCN(C)C(=O)C(N)CO)cc1C. The predicted octanol–water partition coefficient (Wildman–Crippen LogP) is 0.624. The standard InChI is InChI=1S/C14H22N2O2/c1-10-4-5-12(8-11(10)2)6-7-16(3)14(18)13(15)9-17/h4-5,8,13,17H,6-7,9,15H2,1-3H3. The van der Waals surface area contributed by atoms with E-state index in [0.29, 0.717) is 6.54 Å². The lowest BCUT2D eigenvalue weighted by atomic mass is 10.0. The first kappa shape index (κ1) is 14.7. The van der Waals surface area contributed by atoms with Crippen molar-refractivity contribution < 1.29 is 9.90 Å². The van der Waals surface area contributed by atoms with Crippen LogP contribution in [0.5, 0.6) is 0 Å². The number of nitrogens with zero attached hydrogens (tertiary/aromatic N) is 1. The molecular formula is C14H22N2O2. The molecule has 0 aliphatic heterocycles. The van der Waals surface area contributed by atoms with Gasteiger partial charge in [0.1, 0.15) is 6.04 Å². The summed E-state index contributed by atoms with van der Waals surface area (Å²) in [6, 6.07) is 5.49. The topological polar surface area (TPSA) is 66.6 Å². The largest absolute Gasteiger partial charge is 0.394 e. The van der Waals surface area contributed by atoms with Crippen molar-refractivity contribution in [1.82, 2.24) is 4.90 Å². The number of rotatable bonds is 5. The fourth-order valence-electron chi connectivity index (χ4n) is 1.73. The number of aliphatic hydroxyl groups is 1. The molecule has 1 rings (SSSR count). The molecule has 0 saturated carbocycles. The van der Waals surface area contributed by atoms with Crippen molar-refractivity contribution in [1.29, 1.82) is 0 Å². The van der Waals surface area contributed by atoms with E-state index in [2.05, 4.69) is 32.0 Å². The molecule has 3 N–H and O–H groups in total. The summed E-state index contributed by atoms with van der Waals surface area (Å²) < 4.78 is 0. The maximum absolute atomic E-state index is 11.7. The third kappa shape index (κ3) is 3.82. The molecule has 4 nitrogen and oxygen atoms in total. The zero-order chi connectivity index (χ0) is 13.7. The number of nitrogens with two attached hydrogens (primary N) is 1. The van der Waals surface area contributed by atoms with Gasteiger partial charge in [-0.3, -0.25) is 4.79 Å². The Morgan fingerprint density at radius 1 is 1.39 bits per heavy atom. The fraction of sp³-hybridized carbons (Fsp3) is 0.500. The summed E-state index contributed by atoms with van der Waals surface area (Å²) in [5.74, 6) is -0.221. The summed E-state index contributed by atoms with van der Waals surface area (Å²) >= 11 is 0. The Morgan fingerprint density at radius 3 is 2.61 bits per heavy atom. The van der Waals surface area contributed by atoms with E-state index in [1.54, 1.807) is 11.9 Å². The molecule has 1 atom stereocenters. The van der Waals surface area contributed by atoms with Gasteiger partial charge in [-0.25, -0.2) is 0 Å². The fourth-order valence-corrected chi connectivity index (χ4v) is 1.73. The Labute approximate surface area is 108 Å². The van der Waals surface area contributed by atoms with Gasteiger partial charge in [-0.15, -0.1) is 0 Å². The molecule has 0 saturated heterocycles. The third-order valence-electron chi connectivity index (χ3n) is 3.20. The quantitative estimate of drug-likeness (QED) is 0.805. The van der Waals surface area contributed by atoms with Crippen molar-refractivity contribution >= 4 is 5.91 Å². The van der Waals surface area contributed by atoms with Crippen LogP contribution in [0.1, 0.15) is 16.7 Å². The van der Waals surface area contributed by atoms with Crippen LogP contribution >= 0.6 is 0 Å². The highest BCUT2D eigenvalue weighted by Crippen LogP contribution is 2.10. The van der Waals surface area contributed by atoms with Gasteiger partial charge in [0, 0.05) is 13.6 Å². The number of aliphatic hydroxyl groups excluding tert-OH is 1. The number of hydrogen-bond donors (Lipinski definition) is 2. The number of carbonyl (C=O) groups is 1. The van der Waals surface area contributed by atoms with Gasteiger partial charge < -0.3 is 15.7 Å². The van der Waals surface area contributed by atoms with Gasteiger partial charge >= 0.3 is 0 Å². The van der Waals surface area contributed by atoms with Crippen molar-refractivity contribution in [3.8, 4) is 0 Å². The van der Waals surface area contributed by atoms with Crippen LogP contribution in [-0.2, 0) is 11.2 Å². The average Bonchev–Trinajstić information content (AvgIpc) is 2.37. The smallest absolute Gasteiger partial charge is 0.241 e. The molecule has 1 aromatic carbocycles. The summed E-state index contributed by atoms with van der Waals surface area (Å²) in [5.41, 5.74) is 9.22. The lowest BCUT2D eigenvalue weighted by molar-refractivity contribution is -0.132. The van der Waals surface area contributed by atoms with E-state index < -0.39 is 6.04 Å². The number of likely N-dealkylation sites (N-methyl/N-ethyl adjacent to an activating group) is 1. The van der Waals surface area contributed by atoms with E-state index >= 15 is 0 Å². The minimum atomic E-state index is -0.810. The van der Waals surface area contributed by atoms with Gasteiger partial charge in [0.25, 0.3) is 0 Å². The molecule has 0 radical (unpaired) electrons. The summed E-state index contributed by atoms with van der Waals surface area (Å²) in [6.45, 7) is 4.45. The summed E-state index contributed by atoms with van der Waals surface area (Å²) in [5, 5.41) is 8.83. The first-order valence-corrected chi connectivity index (χ1v) is 6.13. The summed E-state index contributed by atoms with van der Waals surface area (Å²) in [6.07, 6.45) is 0.793. The Kier molecular flexibility index (Phi) is 5.31. The monoisotopic (exact) mass is 250 g/mol. The molecule has 0 heterocycles. The molecule has 0 aliphatic rings. The van der Waals surface area contributed by atoms with Crippen LogP contribution in [0.25, 0.3) is 0 Å². The number of amides is 1. The second-order valence-electron chi connectivity index (χ2n) is 4.72. The molecule has 0 spiro atoms. The summed E-state index contributed by atoms with van der Waals surface area (Å²) in [7, 11) is 1.71. The first-order valence-electron chi connectivity index (χ1n) is 6.13. The first-order chi connectivity index (χ1) is 8.45. The van der Waals surface area contributed by atoms with Gasteiger partial charge in [-0.1, -0.05) is 18.2 Å². The molecule has 100 valence electrons. The zero-order valence-electron chi connectivity index (χ0n) is 11.3. The number of aryl methyl sites for hydroxylation is 2. The van der Waals surface area contributed by atoms with Crippen LogP contribution in [0.4, 0.5) is 0 Å². The minimum Gasteiger partial charge on any atom is -0.394 e. The van der Waals surface area contributed by atoms with Crippen molar-refractivity contribution in [3.05, 3.63) is 34.9 Å². The van der Waals surface area contributed by atoms with E-state index in [-0.39, 0.29) is 12.5 Å². The van der Waals surface area contributed by atoms with Crippen LogP contribution in [0.2, 0.25) is 0 Å². The van der Waals surface area contributed by atoms with Gasteiger partial charge in [-0.2, -0.15) is 0 Å². The molecule has 1 unspecified atom stereocenters. The van der Waals surface area contributed by atoms with Gasteiger partial charge in [-0.05, 0) is 37.0 Å². The van der Waals surface area contributed by atoms with Gasteiger partial charge in [0.15, 0.2) is 0 Å². The third-order valence-corrected chi connectivity index (χ3v) is 3.20. The van der Waals surface area contributed by atoms with Crippen molar-refractivity contribution in [2.75, 3.05) is 20.2 Å². The number of hydrogen-bond acceptors (Lipinski definition) is 3. The Bertz CT molecular complexity index is 418. The van der Waals surface area contributed by atoms with Crippen molar-refractivity contribution in [2.45, 2.75) is 26.3 Å².